The normalized spacial score (nSPS) is 11.2. The molecule has 0 spiro atoms. The highest BCUT2D eigenvalue weighted by Gasteiger charge is 2.19. The third kappa shape index (κ3) is 4.67. The van der Waals surface area contributed by atoms with Gasteiger partial charge in [0.15, 0.2) is 0 Å². The first-order valence-electron chi connectivity index (χ1n) is 6.58. The Morgan fingerprint density at radius 2 is 1.62 bits per heavy atom. The fourth-order valence-electron chi connectivity index (χ4n) is 1.90. The number of esters is 1. The molecule has 1 atom stereocenters. The quantitative estimate of drug-likeness (QED) is 0.351. The van der Waals surface area contributed by atoms with Gasteiger partial charge in [-0.3, -0.25) is 4.79 Å². The first-order chi connectivity index (χ1) is 10.3. The van der Waals surface area contributed by atoms with Crippen LogP contribution in [0.3, 0.4) is 0 Å². The first-order valence-corrected chi connectivity index (χ1v) is 6.58. The van der Waals surface area contributed by atoms with E-state index in [2.05, 4.69) is 10.0 Å². The zero-order valence-electron chi connectivity index (χ0n) is 11.4. The van der Waals surface area contributed by atoms with E-state index in [1.165, 1.54) is 0 Å². The Morgan fingerprint density at radius 1 is 1.05 bits per heavy atom. The molecule has 0 amide bonds. The lowest BCUT2D eigenvalue weighted by Gasteiger charge is -2.11. The molecular formula is C16H15N3O2. The molecule has 5 heteroatoms. The third-order valence-corrected chi connectivity index (χ3v) is 2.96. The van der Waals surface area contributed by atoms with Crippen LogP contribution in [-0.2, 0) is 22.6 Å². The van der Waals surface area contributed by atoms with Gasteiger partial charge in [-0.2, -0.15) is 0 Å². The van der Waals surface area contributed by atoms with Crippen LogP contribution >= 0.6 is 0 Å². The molecule has 0 bridgehead atoms. The number of benzene rings is 2. The van der Waals surface area contributed by atoms with E-state index in [4.69, 9.17) is 10.3 Å². The number of rotatable bonds is 6. The maximum absolute atomic E-state index is 12.0. The van der Waals surface area contributed by atoms with Crippen LogP contribution in [0.4, 0.5) is 0 Å². The summed E-state index contributed by atoms with van der Waals surface area (Å²) in [7, 11) is 0. The number of azide groups is 1. The number of hydrogen-bond acceptors (Lipinski definition) is 3. The van der Waals surface area contributed by atoms with E-state index in [9.17, 15) is 4.79 Å². The SMILES string of the molecule is [N-]=[N+]=N[C@@H](Cc1ccccc1)C(=O)OCc1ccccc1. The molecule has 2 aromatic rings. The van der Waals surface area contributed by atoms with Crippen molar-refractivity contribution in [2.75, 3.05) is 0 Å². The van der Waals surface area contributed by atoms with Gasteiger partial charge in [-0.05, 0) is 23.1 Å². The molecule has 0 saturated heterocycles. The van der Waals surface area contributed by atoms with Crippen molar-refractivity contribution in [3.63, 3.8) is 0 Å². The van der Waals surface area contributed by atoms with Crippen molar-refractivity contribution >= 4 is 5.97 Å². The number of hydrogen-bond donors (Lipinski definition) is 0. The van der Waals surface area contributed by atoms with Crippen molar-refractivity contribution in [3.05, 3.63) is 82.2 Å². The van der Waals surface area contributed by atoms with Crippen LogP contribution < -0.4 is 0 Å². The van der Waals surface area contributed by atoms with Crippen molar-refractivity contribution in [3.8, 4) is 0 Å². The number of ether oxygens (including phenoxy) is 1. The Balaban J connectivity index is 1.97. The summed E-state index contributed by atoms with van der Waals surface area (Å²) in [6.45, 7) is 0.173. The number of nitrogens with zero attached hydrogens (tertiary/aromatic N) is 3. The molecule has 2 aromatic carbocycles. The van der Waals surface area contributed by atoms with E-state index < -0.39 is 12.0 Å². The van der Waals surface area contributed by atoms with Crippen LogP contribution in [0.25, 0.3) is 10.4 Å². The van der Waals surface area contributed by atoms with E-state index in [1.807, 2.05) is 60.7 Å². The molecule has 0 aliphatic rings. The average molecular weight is 281 g/mol. The monoisotopic (exact) mass is 281 g/mol. The zero-order chi connectivity index (χ0) is 14.9. The van der Waals surface area contributed by atoms with Crippen LogP contribution in [0.1, 0.15) is 11.1 Å². The predicted molar refractivity (Wildman–Crippen MR) is 79.3 cm³/mol. The zero-order valence-corrected chi connectivity index (χ0v) is 11.4. The maximum Gasteiger partial charge on any atom is 0.315 e. The smallest absolute Gasteiger partial charge is 0.315 e. The second-order valence-corrected chi connectivity index (χ2v) is 4.50. The van der Waals surface area contributed by atoms with Crippen molar-refractivity contribution in [2.45, 2.75) is 19.1 Å². The molecular weight excluding hydrogens is 266 g/mol. The fraction of sp³-hybridized carbons (Fsp3) is 0.188. The summed E-state index contributed by atoms with van der Waals surface area (Å²) in [6, 6.07) is 17.9. The Kier molecular flexibility index (Phi) is 5.38. The van der Waals surface area contributed by atoms with E-state index in [0.717, 1.165) is 11.1 Å². The molecule has 0 radical (unpaired) electrons. The summed E-state index contributed by atoms with van der Waals surface area (Å²) in [5.41, 5.74) is 10.4. The van der Waals surface area contributed by atoms with E-state index >= 15 is 0 Å². The molecule has 0 aromatic heterocycles. The largest absolute Gasteiger partial charge is 0.460 e. The van der Waals surface area contributed by atoms with Gasteiger partial charge in [0.1, 0.15) is 12.6 Å². The van der Waals surface area contributed by atoms with E-state index in [1.54, 1.807) is 0 Å². The van der Waals surface area contributed by atoms with Gasteiger partial charge in [0.05, 0.1) is 0 Å². The second-order valence-electron chi connectivity index (χ2n) is 4.50. The number of carbonyl (C=O) groups excluding carboxylic acids is 1. The molecule has 0 heterocycles. The summed E-state index contributed by atoms with van der Waals surface area (Å²) < 4.78 is 5.21. The summed E-state index contributed by atoms with van der Waals surface area (Å²) >= 11 is 0. The van der Waals surface area contributed by atoms with Gasteiger partial charge in [0.2, 0.25) is 0 Å². The molecule has 0 fully saturated rings. The van der Waals surface area contributed by atoms with Gasteiger partial charge in [0, 0.05) is 4.91 Å². The highest BCUT2D eigenvalue weighted by molar-refractivity contribution is 5.76. The highest BCUT2D eigenvalue weighted by Crippen LogP contribution is 2.09. The second kappa shape index (κ2) is 7.72. The minimum absolute atomic E-state index is 0.173. The van der Waals surface area contributed by atoms with Gasteiger partial charge in [-0.1, -0.05) is 65.8 Å². The molecule has 0 unspecified atom stereocenters. The van der Waals surface area contributed by atoms with E-state index in [-0.39, 0.29) is 6.61 Å². The van der Waals surface area contributed by atoms with Gasteiger partial charge in [0.25, 0.3) is 0 Å². The summed E-state index contributed by atoms with van der Waals surface area (Å²) in [6.07, 6.45) is 0.332. The maximum atomic E-state index is 12.0. The molecule has 0 aliphatic heterocycles. The van der Waals surface area contributed by atoms with Gasteiger partial charge in [-0.25, -0.2) is 0 Å². The van der Waals surface area contributed by atoms with Crippen molar-refractivity contribution < 1.29 is 9.53 Å². The lowest BCUT2D eigenvalue weighted by molar-refractivity contribution is -0.146. The van der Waals surface area contributed by atoms with Crippen LogP contribution in [0.15, 0.2) is 65.8 Å². The minimum Gasteiger partial charge on any atom is -0.460 e. The third-order valence-electron chi connectivity index (χ3n) is 2.96. The van der Waals surface area contributed by atoms with Crippen molar-refractivity contribution in [1.82, 2.24) is 0 Å². The Labute approximate surface area is 122 Å². The highest BCUT2D eigenvalue weighted by atomic mass is 16.5. The summed E-state index contributed by atoms with van der Waals surface area (Å²) in [4.78, 5) is 14.8. The number of carbonyl (C=O) groups is 1. The molecule has 5 nitrogen and oxygen atoms in total. The molecule has 106 valence electrons. The molecule has 2 rings (SSSR count). The predicted octanol–water partition coefficient (Wildman–Crippen LogP) is 3.65. The fourth-order valence-corrected chi connectivity index (χ4v) is 1.90. The lowest BCUT2D eigenvalue weighted by atomic mass is 10.1. The Bertz CT molecular complexity index is 622. The Morgan fingerprint density at radius 3 is 2.19 bits per heavy atom. The molecule has 21 heavy (non-hydrogen) atoms. The molecule has 0 saturated carbocycles. The Hall–Kier alpha value is -2.78. The standard InChI is InChI=1S/C16H15N3O2/c17-19-18-15(11-13-7-3-1-4-8-13)16(20)21-12-14-9-5-2-6-10-14/h1-10,15H,11-12H2/t15-/m0/s1. The van der Waals surface area contributed by atoms with Crippen LogP contribution in [0.2, 0.25) is 0 Å². The summed E-state index contributed by atoms with van der Waals surface area (Å²) in [5.74, 6) is -0.513. The average Bonchev–Trinajstić information content (AvgIpc) is 2.54. The van der Waals surface area contributed by atoms with Crippen LogP contribution in [0.5, 0.6) is 0 Å². The van der Waals surface area contributed by atoms with E-state index in [0.29, 0.717) is 6.42 Å². The summed E-state index contributed by atoms with van der Waals surface area (Å²) in [5, 5.41) is 3.54. The van der Waals surface area contributed by atoms with Gasteiger partial charge < -0.3 is 4.74 Å². The van der Waals surface area contributed by atoms with Gasteiger partial charge >= 0.3 is 5.97 Å². The van der Waals surface area contributed by atoms with Crippen molar-refractivity contribution in [1.29, 1.82) is 0 Å². The molecule has 0 N–H and O–H groups in total. The first kappa shape index (κ1) is 14.6. The molecule has 0 aliphatic carbocycles. The van der Waals surface area contributed by atoms with Gasteiger partial charge in [-0.15, -0.1) is 0 Å². The van der Waals surface area contributed by atoms with Crippen LogP contribution in [-0.4, -0.2) is 12.0 Å². The topological polar surface area (TPSA) is 75.1 Å². The van der Waals surface area contributed by atoms with Crippen LogP contribution in [0, 0.1) is 0 Å². The van der Waals surface area contributed by atoms with Crippen molar-refractivity contribution in [2.24, 2.45) is 5.11 Å². The minimum atomic E-state index is -0.846. The lowest BCUT2D eigenvalue weighted by Crippen LogP contribution is -2.23.